The molecule has 9 rings (SSSR count). The van der Waals surface area contributed by atoms with Crippen molar-refractivity contribution in [1.29, 1.82) is 0 Å². The first-order valence-corrected chi connectivity index (χ1v) is 15.2. The molecule has 0 spiro atoms. The Morgan fingerprint density at radius 1 is 0.400 bits per heavy atom. The van der Waals surface area contributed by atoms with E-state index in [-0.39, 0.29) is 0 Å². The molecule has 0 aliphatic carbocycles. The van der Waals surface area contributed by atoms with E-state index in [0.29, 0.717) is 0 Å². The summed E-state index contributed by atoms with van der Waals surface area (Å²) in [5, 5.41) is 12.1. The third-order valence-corrected chi connectivity index (χ3v) is 9.99. The monoisotopic (exact) mass is 546 g/mol. The molecule has 40 heavy (non-hydrogen) atoms. The number of hydrogen-bond acceptors (Lipinski definition) is 2. The molecule has 4 bridgehead atoms. The summed E-state index contributed by atoms with van der Waals surface area (Å²) < 4.78 is 7.51. The van der Waals surface area contributed by atoms with Crippen molar-refractivity contribution < 1.29 is 0 Å². The first kappa shape index (κ1) is 22.2. The van der Waals surface area contributed by atoms with Gasteiger partial charge in [-0.25, -0.2) is 0 Å². The molecule has 0 N–H and O–H groups in total. The van der Waals surface area contributed by atoms with Crippen molar-refractivity contribution in [3.63, 3.8) is 0 Å². The van der Waals surface area contributed by atoms with Crippen LogP contribution in [0.15, 0.2) is 132 Å². The minimum absolute atomic E-state index is 1.17. The Hall–Kier alpha value is -4.64. The summed E-state index contributed by atoms with van der Waals surface area (Å²) in [5.41, 5.74) is 7.15. The molecule has 3 heterocycles. The average Bonchev–Trinajstić information content (AvgIpc) is 3.63. The second kappa shape index (κ2) is 8.43. The van der Waals surface area contributed by atoms with Crippen LogP contribution < -0.4 is 0 Å². The van der Waals surface area contributed by atoms with Gasteiger partial charge in [-0.05, 0) is 59.3 Å². The van der Waals surface area contributed by atoms with Crippen LogP contribution in [0.2, 0.25) is 0 Å². The van der Waals surface area contributed by atoms with Crippen LogP contribution in [0.5, 0.6) is 0 Å². The van der Waals surface area contributed by atoms with E-state index < -0.39 is 0 Å². The highest BCUT2D eigenvalue weighted by Gasteiger charge is 2.14. The lowest BCUT2D eigenvalue weighted by molar-refractivity contribution is 1.18. The number of thiophene rings is 2. The van der Waals surface area contributed by atoms with Crippen molar-refractivity contribution in [2.75, 3.05) is 0 Å². The van der Waals surface area contributed by atoms with Gasteiger partial charge in [0, 0.05) is 52.7 Å². The summed E-state index contributed by atoms with van der Waals surface area (Å²) in [5.74, 6) is 0. The van der Waals surface area contributed by atoms with Gasteiger partial charge < -0.3 is 9.13 Å². The van der Waals surface area contributed by atoms with Crippen LogP contribution in [-0.4, -0.2) is 9.13 Å². The highest BCUT2D eigenvalue weighted by molar-refractivity contribution is 7.18. The van der Waals surface area contributed by atoms with E-state index in [0.717, 1.165) is 0 Å². The fourth-order valence-electron chi connectivity index (χ4n) is 6.25. The van der Waals surface area contributed by atoms with Gasteiger partial charge in [0.1, 0.15) is 0 Å². The highest BCUT2D eigenvalue weighted by atomic mass is 32.1. The van der Waals surface area contributed by atoms with Crippen molar-refractivity contribution in [2.24, 2.45) is 0 Å². The van der Waals surface area contributed by atoms with Crippen LogP contribution in [0.1, 0.15) is 0 Å². The zero-order valence-corrected chi connectivity index (χ0v) is 23.0. The molecule has 0 saturated carbocycles. The molecule has 0 saturated heterocycles. The predicted molar refractivity (Wildman–Crippen MR) is 175 cm³/mol. The Balaban J connectivity index is 1.56. The Kier molecular flexibility index (Phi) is 4.68. The molecular formula is C36H22N2S2. The molecule has 188 valence electrons. The fraction of sp³-hybridized carbons (Fsp3) is 0. The number of aromatic nitrogens is 2. The lowest BCUT2D eigenvalue weighted by atomic mass is 10.0. The summed E-state index contributed by atoms with van der Waals surface area (Å²) in [4.78, 5) is 0. The number of hydrogen-bond donors (Lipinski definition) is 0. The van der Waals surface area contributed by atoms with Crippen LogP contribution in [0.3, 0.4) is 0 Å². The third kappa shape index (κ3) is 3.15. The van der Waals surface area contributed by atoms with Crippen LogP contribution in [0, 0.1) is 0 Å². The van der Waals surface area contributed by atoms with Crippen LogP contribution in [0.4, 0.5) is 0 Å². The second-order valence-electron chi connectivity index (χ2n) is 10.3. The van der Waals surface area contributed by atoms with E-state index in [4.69, 9.17) is 0 Å². The number of fused-ring (bicyclic) bond motifs is 4. The Labute approximate surface area is 238 Å². The molecule has 9 aromatic rings. The van der Waals surface area contributed by atoms with Crippen molar-refractivity contribution >= 4 is 86.5 Å². The first-order chi connectivity index (χ1) is 19.8. The maximum atomic E-state index is 2.46. The molecule has 0 unspecified atom stereocenters. The fourth-order valence-corrected chi connectivity index (χ4v) is 8.10. The zero-order valence-electron chi connectivity index (χ0n) is 21.4. The average molecular weight is 547 g/mol. The van der Waals surface area contributed by atoms with Crippen molar-refractivity contribution in [2.45, 2.75) is 0 Å². The smallest absolute Gasteiger partial charge is 0.0647 e. The van der Waals surface area contributed by atoms with Crippen molar-refractivity contribution in [1.82, 2.24) is 9.13 Å². The second-order valence-corrected chi connectivity index (χ2v) is 12.1. The molecule has 0 aliphatic heterocycles. The quantitative estimate of drug-likeness (QED) is 0.204. The minimum atomic E-state index is 1.17. The lowest BCUT2D eigenvalue weighted by Gasteiger charge is -2.17. The highest BCUT2D eigenvalue weighted by Crippen LogP contribution is 2.37. The molecule has 3 aromatic heterocycles. The molecule has 0 aliphatic rings. The Morgan fingerprint density at radius 3 is 1.38 bits per heavy atom. The van der Waals surface area contributed by atoms with Gasteiger partial charge in [0.25, 0.3) is 0 Å². The molecule has 4 heteroatoms. The minimum Gasteiger partial charge on any atom is -0.308 e. The predicted octanol–water partition coefficient (Wildman–Crippen LogP) is 10.9. The summed E-state index contributed by atoms with van der Waals surface area (Å²) in [6.07, 6.45) is 0. The van der Waals surface area contributed by atoms with E-state index in [1.165, 1.54) is 75.2 Å². The number of benzene rings is 6. The van der Waals surface area contributed by atoms with Gasteiger partial charge in [0.05, 0.1) is 22.4 Å². The molecule has 0 amide bonds. The van der Waals surface area contributed by atoms with Crippen LogP contribution >= 0.6 is 22.7 Å². The molecule has 0 atom stereocenters. The summed E-state index contributed by atoms with van der Waals surface area (Å²) in [7, 11) is 0. The lowest BCUT2D eigenvalue weighted by Crippen LogP contribution is -2.01. The Morgan fingerprint density at radius 2 is 0.875 bits per heavy atom. The third-order valence-electron chi connectivity index (χ3n) is 8.09. The number of nitrogens with zero attached hydrogens (tertiary/aromatic N) is 2. The summed E-state index contributed by atoms with van der Waals surface area (Å²) in [6, 6.07) is 44.6. The Bertz CT molecular complexity index is 2280. The van der Waals surface area contributed by atoms with Gasteiger partial charge in [-0.15, -0.1) is 22.7 Å². The molecule has 0 radical (unpaired) electrons. The molecule has 0 fully saturated rings. The van der Waals surface area contributed by atoms with E-state index >= 15 is 0 Å². The summed E-state index contributed by atoms with van der Waals surface area (Å²) in [6.45, 7) is 0. The molecule has 2 nitrogen and oxygen atoms in total. The standard InChI is InChI=1S/C36H22N2S2/c1-3-13-35-27(9-1)33(21-39-35)37-25-17-15-24-8-6-12-32(30(24)19-25)38(34-22-40-36-14-4-2-10-28(34)36)26-18-16-23-7-5-11-31(37)29(23)20-26/h1-22H. The van der Waals surface area contributed by atoms with E-state index in [1.54, 1.807) is 22.7 Å². The molecule has 6 aromatic carbocycles. The van der Waals surface area contributed by atoms with Gasteiger partial charge in [-0.2, -0.15) is 0 Å². The summed E-state index contributed by atoms with van der Waals surface area (Å²) >= 11 is 3.61. The first-order valence-electron chi connectivity index (χ1n) is 13.4. The maximum Gasteiger partial charge on any atom is 0.0647 e. The van der Waals surface area contributed by atoms with Gasteiger partial charge in [-0.3, -0.25) is 0 Å². The van der Waals surface area contributed by atoms with Crippen molar-refractivity contribution in [3.8, 4) is 11.4 Å². The van der Waals surface area contributed by atoms with Gasteiger partial charge in [0.2, 0.25) is 0 Å². The van der Waals surface area contributed by atoms with Gasteiger partial charge >= 0.3 is 0 Å². The number of rotatable bonds is 2. The topological polar surface area (TPSA) is 9.86 Å². The normalized spacial score (nSPS) is 12.0. The van der Waals surface area contributed by atoms with E-state index in [2.05, 4.69) is 141 Å². The van der Waals surface area contributed by atoms with Gasteiger partial charge in [0.15, 0.2) is 0 Å². The van der Waals surface area contributed by atoms with Crippen LogP contribution in [0.25, 0.3) is 75.2 Å². The largest absolute Gasteiger partial charge is 0.308 e. The van der Waals surface area contributed by atoms with E-state index in [9.17, 15) is 0 Å². The zero-order chi connectivity index (χ0) is 26.2. The van der Waals surface area contributed by atoms with Gasteiger partial charge in [-0.1, -0.05) is 72.8 Å². The van der Waals surface area contributed by atoms with E-state index in [1.807, 2.05) is 0 Å². The maximum absolute atomic E-state index is 2.46. The van der Waals surface area contributed by atoms with Crippen LogP contribution in [-0.2, 0) is 0 Å². The van der Waals surface area contributed by atoms with Crippen molar-refractivity contribution in [3.05, 3.63) is 132 Å². The SMILES string of the molecule is c1ccc2c(-n3c4ccc5cccc(c5c4)n(-c4csc5ccccc45)c4ccc5cccc3c5c4)csc2c1. The molecular weight excluding hydrogens is 525 g/mol.